The summed E-state index contributed by atoms with van der Waals surface area (Å²) in [5.74, 6) is 0.138. The Labute approximate surface area is 210 Å². The lowest BCUT2D eigenvalue weighted by atomic mass is 9.84. The van der Waals surface area contributed by atoms with Gasteiger partial charge < -0.3 is 14.4 Å². The van der Waals surface area contributed by atoms with Crippen molar-refractivity contribution in [2.75, 3.05) is 26.7 Å². The topological polar surface area (TPSA) is 56.1 Å². The summed E-state index contributed by atoms with van der Waals surface area (Å²) in [6.45, 7) is 4.71. The molecule has 2 aliphatic rings. The average Bonchev–Trinajstić information content (AvgIpc) is 3.31. The van der Waals surface area contributed by atoms with Gasteiger partial charge in [-0.05, 0) is 74.5 Å². The second kappa shape index (κ2) is 9.81. The predicted molar refractivity (Wildman–Crippen MR) is 134 cm³/mol. The molecule has 3 aromatic rings. The number of likely N-dealkylation sites (tertiary alicyclic amines) is 1. The molecule has 3 heterocycles. The van der Waals surface area contributed by atoms with Crippen LogP contribution in [0.2, 0.25) is 0 Å². The summed E-state index contributed by atoms with van der Waals surface area (Å²) in [6, 6.07) is 7.37. The van der Waals surface area contributed by atoms with Crippen LogP contribution in [0, 0.1) is 5.92 Å². The molecule has 0 amide bonds. The van der Waals surface area contributed by atoms with Crippen LogP contribution in [0.4, 0.5) is 8.78 Å². The van der Waals surface area contributed by atoms with Crippen molar-refractivity contribution in [3.8, 4) is 22.8 Å². The number of carbonyl (C=O) groups is 1. The van der Waals surface area contributed by atoms with E-state index in [0.717, 1.165) is 38.1 Å². The number of hydrogen-bond donors (Lipinski definition) is 0. The Bertz CT molecular complexity index is 1260. The maximum absolute atomic E-state index is 13.3. The number of carbonyl (C=O) groups excluding carboxylic acids is 1. The van der Waals surface area contributed by atoms with Crippen LogP contribution < -0.4 is 9.47 Å². The number of fused-ring (bicyclic) bond motifs is 1. The van der Waals surface area contributed by atoms with E-state index >= 15 is 0 Å². The molecule has 36 heavy (non-hydrogen) atoms. The first-order chi connectivity index (χ1) is 17.2. The molecule has 2 aromatic heterocycles. The Morgan fingerprint density at radius 1 is 1.17 bits per heavy atom. The smallest absolute Gasteiger partial charge is 0.387 e. The van der Waals surface area contributed by atoms with Crippen molar-refractivity contribution in [2.24, 2.45) is 5.92 Å². The molecule has 0 spiro atoms. The van der Waals surface area contributed by atoms with Crippen LogP contribution in [0.5, 0.6) is 11.5 Å². The van der Waals surface area contributed by atoms with Gasteiger partial charge in [0.2, 0.25) is 0 Å². The molecule has 192 valence electrons. The molecule has 0 radical (unpaired) electrons. The minimum absolute atomic E-state index is 0.0384. The SMILES string of the molecule is COc1cc(-c2cnc3cc(C(C)(C)CN4CCCC4)ccn23)cc(OC(F)F)c1C(=O)CC1CC1. The fourth-order valence-electron chi connectivity index (χ4n) is 5.25. The molecular weight excluding hydrogens is 464 g/mol. The molecule has 1 aliphatic carbocycles. The normalized spacial score (nSPS) is 16.7. The summed E-state index contributed by atoms with van der Waals surface area (Å²) >= 11 is 0. The Balaban J connectivity index is 1.51. The molecule has 0 bridgehead atoms. The Kier molecular flexibility index (Phi) is 6.72. The van der Waals surface area contributed by atoms with Crippen molar-refractivity contribution >= 4 is 11.4 Å². The van der Waals surface area contributed by atoms with Crippen LogP contribution in [-0.4, -0.2) is 53.4 Å². The molecule has 5 rings (SSSR count). The van der Waals surface area contributed by atoms with Gasteiger partial charge in [0.15, 0.2) is 5.78 Å². The molecule has 0 N–H and O–H groups in total. The molecule has 1 saturated carbocycles. The van der Waals surface area contributed by atoms with E-state index in [0.29, 0.717) is 23.6 Å². The number of hydrogen-bond acceptors (Lipinski definition) is 5. The summed E-state index contributed by atoms with van der Waals surface area (Å²) in [6.07, 6.45) is 8.45. The first-order valence-electron chi connectivity index (χ1n) is 12.7. The Hall–Kier alpha value is -3.00. The minimum Gasteiger partial charge on any atom is -0.496 e. The number of ether oxygens (including phenoxy) is 2. The second-order valence-corrected chi connectivity index (χ2v) is 10.7. The summed E-state index contributed by atoms with van der Waals surface area (Å²) in [5, 5.41) is 0. The Morgan fingerprint density at radius 2 is 1.89 bits per heavy atom. The lowest BCUT2D eigenvalue weighted by Crippen LogP contribution is -2.35. The van der Waals surface area contributed by atoms with Gasteiger partial charge in [-0.1, -0.05) is 13.8 Å². The third-order valence-electron chi connectivity index (χ3n) is 7.36. The van der Waals surface area contributed by atoms with Gasteiger partial charge in [-0.25, -0.2) is 4.98 Å². The van der Waals surface area contributed by atoms with Gasteiger partial charge in [0, 0.05) is 30.1 Å². The van der Waals surface area contributed by atoms with E-state index in [4.69, 9.17) is 9.47 Å². The van der Waals surface area contributed by atoms with Crippen LogP contribution in [0.25, 0.3) is 16.9 Å². The van der Waals surface area contributed by atoms with E-state index in [2.05, 4.69) is 35.9 Å². The molecule has 8 heteroatoms. The van der Waals surface area contributed by atoms with Crippen molar-refractivity contribution in [2.45, 2.75) is 58.0 Å². The average molecular weight is 498 g/mol. The summed E-state index contributed by atoms with van der Waals surface area (Å²) in [5.41, 5.74) is 3.28. The van der Waals surface area contributed by atoms with E-state index in [-0.39, 0.29) is 28.3 Å². The zero-order valence-corrected chi connectivity index (χ0v) is 21.1. The quantitative estimate of drug-likeness (QED) is 0.323. The van der Waals surface area contributed by atoms with Gasteiger partial charge in [0.1, 0.15) is 22.7 Å². The van der Waals surface area contributed by atoms with Gasteiger partial charge in [-0.15, -0.1) is 0 Å². The molecule has 0 atom stereocenters. The number of aromatic nitrogens is 2. The highest BCUT2D eigenvalue weighted by Gasteiger charge is 2.30. The minimum atomic E-state index is -3.06. The number of Topliss-reactive ketones (excluding diaryl/α,β-unsaturated/α-hetero) is 1. The lowest BCUT2D eigenvalue weighted by Gasteiger charge is -2.30. The maximum Gasteiger partial charge on any atom is 0.387 e. The highest BCUT2D eigenvalue weighted by atomic mass is 19.3. The van der Waals surface area contributed by atoms with E-state index in [1.807, 2.05) is 10.6 Å². The zero-order chi connectivity index (χ0) is 25.4. The van der Waals surface area contributed by atoms with Crippen molar-refractivity contribution in [1.29, 1.82) is 0 Å². The highest BCUT2D eigenvalue weighted by Crippen LogP contribution is 2.40. The van der Waals surface area contributed by atoms with Gasteiger partial charge in [0.05, 0.1) is 19.0 Å². The number of halogens is 2. The van der Waals surface area contributed by atoms with Crippen LogP contribution in [0.15, 0.2) is 36.7 Å². The largest absolute Gasteiger partial charge is 0.496 e. The van der Waals surface area contributed by atoms with Crippen LogP contribution in [-0.2, 0) is 5.41 Å². The monoisotopic (exact) mass is 497 g/mol. The fourth-order valence-corrected chi connectivity index (χ4v) is 5.25. The standard InChI is InChI=1S/C28H33F2N3O3/c1-28(2,17-32-9-4-5-10-32)20-8-11-33-21(16-31-25(33)15-20)19-13-23(35-3)26(22(34)12-18-6-7-18)24(14-19)36-27(29)30/h8,11,13-16,18,27H,4-7,9-10,12,17H2,1-3H3. The molecule has 1 aromatic carbocycles. The van der Waals surface area contributed by atoms with Crippen molar-refractivity contribution in [3.63, 3.8) is 0 Å². The first kappa shape index (κ1) is 24.7. The van der Waals surface area contributed by atoms with Gasteiger partial charge in [-0.2, -0.15) is 8.78 Å². The number of ketones is 1. The third kappa shape index (κ3) is 5.09. The number of rotatable bonds is 10. The predicted octanol–water partition coefficient (Wildman–Crippen LogP) is 5.97. The first-order valence-corrected chi connectivity index (χ1v) is 12.7. The van der Waals surface area contributed by atoms with Crippen molar-refractivity contribution in [1.82, 2.24) is 14.3 Å². The fraction of sp³-hybridized carbons (Fsp3) is 0.500. The lowest BCUT2D eigenvalue weighted by molar-refractivity contribution is -0.0502. The number of alkyl halides is 2. The number of nitrogens with zero attached hydrogens (tertiary/aromatic N) is 3. The number of pyridine rings is 1. The van der Waals surface area contributed by atoms with Crippen LogP contribution >= 0.6 is 0 Å². The van der Waals surface area contributed by atoms with Gasteiger partial charge >= 0.3 is 6.61 Å². The van der Waals surface area contributed by atoms with Crippen molar-refractivity contribution < 1.29 is 23.0 Å². The zero-order valence-electron chi connectivity index (χ0n) is 21.1. The second-order valence-electron chi connectivity index (χ2n) is 10.7. The summed E-state index contributed by atoms with van der Waals surface area (Å²) in [7, 11) is 1.43. The number of benzene rings is 1. The molecule has 1 saturated heterocycles. The van der Waals surface area contributed by atoms with E-state index in [9.17, 15) is 13.6 Å². The van der Waals surface area contributed by atoms with Gasteiger partial charge in [-0.3, -0.25) is 9.20 Å². The van der Waals surface area contributed by atoms with Crippen molar-refractivity contribution in [3.05, 3.63) is 47.8 Å². The van der Waals surface area contributed by atoms with E-state index in [1.165, 1.54) is 31.6 Å². The number of imidazole rings is 1. The van der Waals surface area contributed by atoms with E-state index in [1.54, 1.807) is 12.3 Å². The van der Waals surface area contributed by atoms with E-state index < -0.39 is 6.61 Å². The highest BCUT2D eigenvalue weighted by molar-refractivity contribution is 6.02. The molecular formula is C28H33F2N3O3. The Morgan fingerprint density at radius 3 is 2.56 bits per heavy atom. The molecule has 0 unspecified atom stereocenters. The third-order valence-corrected chi connectivity index (χ3v) is 7.36. The van der Waals surface area contributed by atoms with Gasteiger partial charge in [0.25, 0.3) is 0 Å². The maximum atomic E-state index is 13.3. The van der Waals surface area contributed by atoms with Crippen LogP contribution in [0.3, 0.4) is 0 Å². The summed E-state index contributed by atoms with van der Waals surface area (Å²) < 4.78 is 38.8. The molecule has 1 aliphatic heterocycles. The molecule has 2 fully saturated rings. The van der Waals surface area contributed by atoms with Crippen LogP contribution in [0.1, 0.15) is 61.9 Å². The molecule has 6 nitrogen and oxygen atoms in total. The number of methoxy groups -OCH3 is 1. The summed E-state index contributed by atoms with van der Waals surface area (Å²) in [4.78, 5) is 20.0.